The summed E-state index contributed by atoms with van der Waals surface area (Å²) in [6.45, 7) is 1.40. The summed E-state index contributed by atoms with van der Waals surface area (Å²) >= 11 is 0. The molecular formula is C20H21FN4O3S. The SMILES string of the molecule is C[C@H](NS(=O)(=O)c1ccccc1F)C(=O)N[C@@H](c1ccccc1)c1nccn1C. The fourth-order valence-corrected chi connectivity index (χ4v) is 4.16. The molecule has 152 valence electrons. The second-order valence-corrected chi connectivity index (χ2v) is 8.20. The molecule has 0 bridgehead atoms. The molecule has 0 fully saturated rings. The maximum atomic E-state index is 13.9. The first kappa shape index (κ1) is 20.7. The van der Waals surface area contributed by atoms with Crippen LogP contribution in [0.2, 0.25) is 0 Å². The topological polar surface area (TPSA) is 93.1 Å². The summed E-state index contributed by atoms with van der Waals surface area (Å²) in [6.07, 6.45) is 3.36. The average molecular weight is 416 g/mol. The summed E-state index contributed by atoms with van der Waals surface area (Å²) in [5, 5.41) is 2.82. The Hall–Kier alpha value is -3.04. The zero-order valence-corrected chi connectivity index (χ0v) is 16.7. The van der Waals surface area contributed by atoms with E-state index in [1.54, 1.807) is 24.0 Å². The number of nitrogens with one attached hydrogen (secondary N) is 2. The van der Waals surface area contributed by atoms with Crippen molar-refractivity contribution in [3.63, 3.8) is 0 Å². The third kappa shape index (κ3) is 4.69. The number of benzene rings is 2. The summed E-state index contributed by atoms with van der Waals surface area (Å²) in [4.78, 5) is 16.5. The van der Waals surface area contributed by atoms with Crippen molar-refractivity contribution in [3.8, 4) is 0 Å². The predicted molar refractivity (Wildman–Crippen MR) is 106 cm³/mol. The van der Waals surface area contributed by atoms with E-state index < -0.39 is 38.7 Å². The van der Waals surface area contributed by atoms with Crippen LogP contribution in [0.4, 0.5) is 4.39 Å². The van der Waals surface area contributed by atoms with Crippen LogP contribution in [-0.4, -0.2) is 29.9 Å². The number of aromatic nitrogens is 2. The van der Waals surface area contributed by atoms with Gasteiger partial charge in [-0.15, -0.1) is 0 Å². The van der Waals surface area contributed by atoms with Gasteiger partial charge in [-0.3, -0.25) is 4.79 Å². The summed E-state index contributed by atoms with van der Waals surface area (Å²) < 4.78 is 42.8. The maximum absolute atomic E-state index is 13.9. The Labute approximate surface area is 168 Å². The molecule has 3 rings (SSSR count). The van der Waals surface area contributed by atoms with Crippen molar-refractivity contribution in [1.29, 1.82) is 0 Å². The van der Waals surface area contributed by atoms with E-state index in [0.29, 0.717) is 5.82 Å². The number of hydrogen-bond acceptors (Lipinski definition) is 4. The van der Waals surface area contributed by atoms with Crippen molar-refractivity contribution >= 4 is 15.9 Å². The molecule has 7 nitrogen and oxygen atoms in total. The Morgan fingerprint density at radius 1 is 1.10 bits per heavy atom. The van der Waals surface area contributed by atoms with Crippen LogP contribution in [0.1, 0.15) is 24.4 Å². The average Bonchev–Trinajstić information content (AvgIpc) is 3.12. The molecule has 2 atom stereocenters. The number of carbonyl (C=O) groups is 1. The molecule has 0 aliphatic heterocycles. The van der Waals surface area contributed by atoms with Crippen LogP contribution < -0.4 is 10.0 Å². The number of imidazole rings is 1. The molecule has 9 heteroatoms. The van der Waals surface area contributed by atoms with Gasteiger partial charge in [0.25, 0.3) is 0 Å². The number of rotatable bonds is 7. The minimum atomic E-state index is -4.20. The highest BCUT2D eigenvalue weighted by Crippen LogP contribution is 2.20. The third-order valence-corrected chi connectivity index (χ3v) is 5.96. The lowest BCUT2D eigenvalue weighted by Crippen LogP contribution is -2.46. The van der Waals surface area contributed by atoms with Gasteiger partial charge in [-0.2, -0.15) is 4.72 Å². The number of hydrogen-bond donors (Lipinski definition) is 2. The molecule has 0 saturated heterocycles. The first-order valence-corrected chi connectivity index (χ1v) is 10.4. The minimum Gasteiger partial charge on any atom is -0.341 e. The second kappa shape index (κ2) is 8.54. The molecule has 29 heavy (non-hydrogen) atoms. The van der Waals surface area contributed by atoms with E-state index in [2.05, 4.69) is 15.0 Å². The van der Waals surface area contributed by atoms with E-state index in [4.69, 9.17) is 0 Å². The van der Waals surface area contributed by atoms with E-state index in [0.717, 1.165) is 17.7 Å². The van der Waals surface area contributed by atoms with Crippen LogP contribution in [0, 0.1) is 5.82 Å². The second-order valence-electron chi connectivity index (χ2n) is 6.52. The van der Waals surface area contributed by atoms with E-state index in [1.165, 1.54) is 19.1 Å². The van der Waals surface area contributed by atoms with Gasteiger partial charge >= 0.3 is 0 Å². The molecule has 1 aromatic heterocycles. The summed E-state index contributed by atoms with van der Waals surface area (Å²) in [5.74, 6) is -0.863. The molecule has 0 spiro atoms. The fourth-order valence-electron chi connectivity index (χ4n) is 2.88. The molecule has 0 radical (unpaired) electrons. The molecular weight excluding hydrogens is 395 g/mol. The number of nitrogens with zero attached hydrogens (tertiary/aromatic N) is 2. The van der Waals surface area contributed by atoms with Gasteiger partial charge in [0.05, 0.1) is 6.04 Å². The monoisotopic (exact) mass is 416 g/mol. The van der Waals surface area contributed by atoms with Crippen molar-refractivity contribution < 1.29 is 17.6 Å². The standard InChI is InChI=1S/C20H21FN4O3S/c1-14(24-29(27,28)17-11-7-6-10-16(17)21)20(26)23-18(15-8-4-3-5-9-15)19-22-12-13-25(19)2/h3-14,18,24H,1-2H3,(H,23,26)/t14-,18-/m0/s1. The molecule has 1 amide bonds. The minimum absolute atomic E-state index is 0.511. The first-order chi connectivity index (χ1) is 13.8. The Morgan fingerprint density at radius 2 is 1.76 bits per heavy atom. The lowest BCUT2D eigenvalue weighted by Gasteiger charge is -2.22. The predicted octanol–water partition coefficient (Wildman–Crippen LogP) is 2.13. The fraction of sp³-hybridized carbons (Fsp3) is 0.200. The number of amides is 1. The molecule has 2 N–H and O–H groups in total. The van der Waals surface area contributed by atoms with Crippen LogP contribution in [0.15, 0.2) is 71.9 Å². The zero-order valence-electron chi connectivity index (χ0n) is 15.9. The highest BCUT2D eigenvalue weighted by atomic mass is 32.2. The van der Waals surface area contributed by atoms with Crippen LogP contribution in [0.5, 0.6) is 0 Å². The first-order valence-electron chi connectivity index (χ1n) is 8.89. The van der Waals surface area contributed by atoms with Crippen LogP contribution in [-0.2, 0) is 21.9 Å². The van der Waals surface area contributed by atoms with Crippen molar-refractivity contribution in [2.75, 3.05) is 0 Å². The molecule has 0 saturated carbocycles. The molecule has 0 aliphatic carbocycles. The normalized spacial score (nSPS) is 13.6. The van der Waals surface area contributed by atoms with Gasteiger partial charge in [-0.1, -0.05) is 42.5 Å². The Kier molecular flexibility index (Phi) is 6.09. The number of halogens is 1. The quantitative estimate of drug-likeness (QED) is 0.617. The lowest BCUT2D eigenvalue weighted by molar-refractivity contribution is -0.122. The van der Waals surface area contributed by atoms with E-state index in [1.807, 2.05) is 30.3 Å². The summed E-state index contributed by atoms with van der Waals surface area (Å²) in [5.41, 5.74) is 0.791. The van der Waals surface area contributed by atoms with Crippen LogP contribution >= 0.6 is 0 Å². The number of aryl methyl sites for hydroxylation is 1. The van der Waals surface area contributed by atoms with E-state index in [9.17, 15) is 17.6 Å². The molecule has 2 aromatic carbocycles. The van der Waals surface area contributed by atoms with Gasteiger partial charge in [-0.25, -0.2) is 17.8 Å². The van der Waals surface area contributed by atoms with Crippen LogP contribution in [0.25, 0.3) is 0 Å². The van der Waals surface area contributed by atoms with Gasteiger partial charge < -0.3 is 9.88 Å². The smallest absolute Gasteiger partial charge is 0.244 e. The molecule has 0 unspecified atom stereocenters. The zero-order chi connectivity index (χ0) is 21.0. The number of carbonyl (C=O) groups excluding carboxylic acids is 1. The maximum Gasteiger partial charge on any atom is 0.244 e. The van der Waals surface area contributed by atoms with Gasteiger partial charge in [0, 0.05) is 19.4 Å². The highest BCUT2D eigenvalue weighted by molar-refractivity contribution is 7.89. The van der Waals surface area contributed by atoms with Crippen LogP contribution in [0.3, 0.4) is 0 Å². The summed E-state index contributed by atoms with van der Waals surface area (Å²) in [7, 11) is -2.40. The van der Waals surface area contributed by atoms with Gasteiger partial charge in [0.1, 0.15) is 22.6 Å². The van der Waals surface area contributed by atoms with Crippen molar-refractivity contribution in [2.45, 2.75) is 23.9 Å². The van der Waals surface area contributed by atoms with E-state index in [-0.39, 0.29) is 0 Å². The Balaban J connectivity index is 1.81. The van der Waals surface area contributed by atoms with Gasteiger partial charge in [0.2, 0.25) is 15.9 Å². The third-order valence-electron chi connectivity index (χ3n) is 4.39. The Bertz CT molecular complexity index is 1100. The largest absolute Gasteiger partial charge is 0.341 e. The van der Waals surface area contributed by atoms with Gasteiger partial charge in [-0.05, 0) is 24.6 Å². The lowest BCUT2D eigenvalue weighted by atomic mass is 10.1. The molecule has 0 aliphatic rings. The van der Waals surface area contributed by atoms with E-state index >= 15 is 0 Å². The summed E-state index contributed by atoms with van der Waals surface area (Å²) in [6, 6.07) is 12.5. The molecule has 1 heterocycles. The Morgan fingerprint density at radius 3 is 2.38 bits per heavy atom. The van der Waals surface area contributed by atoms with Crippen molar-refractivity contribution in [2.24, 2.45) is 7.05 Å². The number of sulfonamides is 1. The van der Waals surface area contributed by atoms with Crippen molar-refractivity contribution in [1.82, 2.24) is 19.6 Å². The highest BCUT2D eigenvalue weighted by Gasteiger charge is 2.27. The molecule has 3 aromatic rings. The van der Waals surface area contributed by atoms with Gasteiger partial charge in [0.15, 0.2) is 0 Å². The van der Waals surface area contributed by atoms with Crippen molar-refractivity contribution in [3.05, 3.63) is 84.2 Å².